The first-order chi connectivity index (χ1) is 11.7. The van der Waals surface area contributed by atoms with Crippen molar-refractivity contribution in [3.05, 3.63) is 36.7 Å². The van der Waals surface area contributed by atoms with E-state index in [4.69, 9.17) is 4.74 Å². The molecule has 2 heterocycles. The molecule has 0 radical (unpaired) electrons. The molecule has 1 amide bonds. The van der Waals surface area contributed by atoms with Gasteiger partial charge in [-0.15, -0.1) is 0 Å². The fraction of sp³-hybridized carbons (Fsp3) is 0.500. The predicted octanol–water partition coefficient (Wildman–Crippen LogP) is 0.700. The molecule has 0 aliphatic heterocycles. The van der Waals surface area contributed by atoms with Crippen LogP contribution in [-0.4, -0.2) is 44.0 Å². The molecule has 3 rings (SSSR count). The highest BCUT2D eigenvalue weighted by molar-refractivity contribution is 5.76. The average molecular weight is 331 g/mol. The SMILES string of the molecule is COc1cncc([C@@H](NC(=O)CCn2cncn2)C2CC(O)C2)c1. The number of aromatic nitrogens is 4. The minimum Gasteiger partial charge on any atom is -0.495 e. The molecule has 2 aromatic rings. The molecule has 128 valence electrons. The quantitative estimate of drug-likeness (QED) is 0.774. The fourth-order valence-corrected chi connectivity index (χ4v) is 2.90. The summed E-state index contributed by atoms with van der Waals surface area (Å²) in [5.74, 6) is 0.776. The molecular weight excluding hydrogens is 310 g/mol. The molecule has 8 nitrogen and oxygen atoms in total. The molecule has 1 fully saturated rings. The normalized spacial score (nSPS) is 20.9. The van der Waals surface area contributed by atoms with Gasteiger partial charge in [-0.05, 0) is 30.4 Å². The zero-order chi connectivity index (χ0) is 16.9. The van der Waals surface area contributed by atoms with E-state index < -0.39 is 0 Å². The van der Waals surface area contributed by atoms with Gasteiger partial charge in [-0.25, -0.2) is 4.98 Å². The molecule has 0 saturated heterocycles. The predicted molar refractivity (Wildman–Crippen MR) is 85.0 cm³/mol. The first-order valence-electron chi connectivity index (χ1n) is 7.94. The van der Waals surface area contributed by atoms with Crippen LogP contribution in [0.15, 0.2) is 31.1 Å². The van der Waals surface area contributed by atoms with Gasteiger partial charge < -0.3 is 15.2 Å². The van der Waals surface area contributed by atoms with Gasteiger partial charge in [-0.2, -0.15) is 5.10 Å². The Morgan fingerprint density at radius 1 is 1.46 bits per heavy atom. The van der Waals surface area contributed by atoms with Crippen LogP contribution in [-0.2, 0) is 11.3 Å². The van der Waals surface area contributed by atoms with E-state index >= 15 is 0 Å². The highest BCUT2D eigenvalue weighted by Gasteiger charge is 2.35. The van der Waals surface area contributed by atoms with Gasteiger partial charge in [-0.1, -0.05) is 0 Å². The zero-order valence-electron chi connectivity index (χ0n) is 13.5. The van der Waals surface area contributed by atoms with Crippen molar-refractivity contribution in [3.63, 3.8) is 0 Å². The number of nitrogens with zero attached hydrogens (tertiary/aromatic N) is 4. The molecule has 1 saturated carbocycles. The van der Waals surface area contributed by atoms with Gasteiger partial charge >= 0.3 is 0 Å². The van der Waals surface area contributed by atoms with E-state index in [2.05, 4.69) is 20.4 Å². The van der Waals surface area contributed by atoms with Crippen LogP contribution >= 0.6 is 0 Å². The molecule has 0 unspecified atom stereocenters. The number of hydrogen-bond acceptors (Lipinski definition) is 6. The van der Waals surface area contributed by atoms with Crippen LogP contribution in [0.25, 0.3) is 0 Å². The summed E-state index contributed by atoms with van der Waals surface area (Å²) in [4.78, 5) is 20.3. The summed E-state index contributed by atoms with van der Waals surface area (Å²) in [6.07, 6.45) is 7.75. The minimum atomic E-state index is -0.289. The third-order valence-electron chi connectivity index (χ3n) is 4.30. The first-order valence-corrected chi connectivity index (χ1v) is 7.94. The molecule has 1 aliphatic carbocycles. The van der Waals surface area contributed by atoms with Gasteiger partial charge in [0.2, 0.25) is 5.91 Å². The summed E-state index contributed by atoms with van der Waals surface area (Å²) in [6, 6.07) is 1.69. The highest BCUT2D eigenvalue weighted by atomic mass is 16.5. The number of carbonyl (C=O) groups is 1. The number of aryl methyl sites for hydroxylation is 1. The largest absolute Gasteiger partial charge is 0.495 e. The second-order valence-electron chi connectivity index (χ2n) is 6.00. The van der Waals surface area contributed by atoms with E-state index in [1.807, 2.05) is 6.07 Å². The molecule has 24 heavy (non-hydrogen) atoms. The van der Waals surface area contributed by atoms with Crippen molar-refractivity contribution in [2.45, 2.75) is 38.0 Å². The van der Waals surface area contributed by atoms with Crippen molar-refractivity contribution in [2.75, 3.05) is 7.11 Å². The van der Waals surface area contributed by atoms with E-state index in [1.54, 1.807) is 30.5 Å². The molecule has 1 atom stereocenters. The zero-order valence-corrected chi connectivity index (χ0v) is 13.5. The van der Waals surface area contributed by atoms with Crippen LogP contribution in [0.4, 0.5) is 0 Å². The van der Waals surface area contributed by atoms with Gasteiger partial charge in [0.1, 0.15) is 18.4 Å². The second-order valence-corrected chi connectivity index (χ2v) is 6.00. The van der Waals surface area contributed by atoms with Gasteiger partial charge in [0.15, 0.2) is 0 Å². The van der Waals surface area contributed by atoms with Crippen LogP contribution in [0.5, 0.6) is 5.75 Å². The van der Waals surface area contributed by atoms with Crippen molar-refractivity contribution >= 4 is 5.91 Å². The number of nitrogens with one attached hydrogen (secondary N) is 1. The Balaban J connectivity index is 1.66. The Morgan fingerprint density at radius 3 is 2.96 bits per heavy atom. The van der Waals surface area contributed by atoms with E-state index in [0.717, 1.165) is 5.56 Å². The summed E-state index contributed by atoms with van der Waals surface area (Å²) in [7, 11) is 1.58. The van der Waals surface area contributed by atoms with Crippen molar-refractivity contribution in [3.8, 4) is 5.75 Å². The Morgan fingerprint density at radius 2 is 2.29 bits per heavy atom. The van der Waals surface area contributed by atoms with Gasteiger partial charge in [-0.3, -0.25) is 14.5 Å². The highest BCUT2D eigenvalue weighted by Crippen LogP contribution is 2.38. The molecule has 0 spiro atoms. The number of methoxy groups -OCH3 is 1. The monoisotopic (exact) mass is 331 g/mol. The van der Waals surface area contributed by atoms with Crippen LogP contribution in [0, 0.1) is 5.92 Å². The topological polar surface area (TPSA) is 102 Å². The molecule has 2 aromatic heterocycles. The standard InChI is InChI=1S/C16H21N5O3/c1-24-14-6-12(7-17-8-14)16(11-4-13(22)5-11)20-15(23)2-3-21-10-18-9-19-21/h6-11,13,16,22H,2-5H2,1H3,(H,20,23)/t11?,13?,16-/m0/s1. The van der Waals surface area contributed by atoms with Gasteiger partial charge in [0.25, 0.3) is 0 Å². The number of ether oxygens (including phenoxy) is 1. The van der Waals surface area contributed by atoms with E-state index in [0.29, 0.717) is 31.6 Å². The van der Waals surface area contributed by atoms with Crippen molar-refractivity contribution in [2.24, 2.45) is 5.92 Å². The Bertz CT molecular complexity index is 670. The third kappa shape index (κ3) is 3.88. The summed E-state index contributed by atoms with van der Waals surface area (Å²) in [6.45, 7) is 0.474. The summed E-state index contributed by atoms with van der Waals surface area (Å²) in [5, 5.41) is 16.7. The Labute approximate surface area is 139 Å². The summed E-state index contributed by atoms with van der Waals surface area (Å²) >= 11 is 0. The molecular formula is C16H21N5O3. The lowest BCUT2D eigenvalue weighted by atomic mass is 9.75. The number of aliphatic hydroxyl groups excluding tert-OH is 1. The van der Waals surface area contributed by atoms with Crippen molar-refractivity contribution < 1.29 is 14.6 Å². The number of rotatable bonds is 7. The molecule has 2 N–H and O–H groups in total. The molecule has 0 bridgehead atoms. The third-order valence-corrected chi connectivity index (χ3v) is 4.30. The summed E-state index contributed by atoms with van der Waals surface area (Å²) < 4.78 is 6.84. The van der Waals surface area contributed by atoms with Gasteiger partial charge in [0, 0.05) is 12.6 Å². The fourth-order valence-electron chi connectivity index (χ4n) is 2.90. The first kappa shape index (κ1) is 16.4. The van der Waals surface area contributed by atoms with Crippen molar-refractivity contribution in [1.82, 2.24) is 25.1 Å². The maximum Gasteiger partial charge on any atom is 0.222 e. The lowest BCUT2D eigenvalue weighted by Crippen LogP contribution is -2.41. The molecule has 8 heteroatoms. The molecule has 0 aromatic carbocycles. The van der Waals surface area contributed by atoms with Gasteiger partial charge in [0.05, 0.1) is 32.0 Å². The number of pyridine rings is 1. The smallest absolute Gasteiger partial charge is 0.222 e. The lowest BCUT2D eigenvalue weighted by Gasteiger charge is -2.38. The second kappa shape index (κ2) is 7.39. The van der Waals surface area contributed by atoms with E-state index in [9.17, 15) is 9.90 Å². The Hall–Kier alpha value is -2.48. The van der Waals surface area contributed by atoms with Crippen LogP contribution in [0.3, 0.4) is 0 Å². The van der Waals surface area contributed by atoms with Crippen LogP contribution < -0.4 is 10.1 Å². The van der Waals surface area contributed by atoms with Crippen LogP contribution in [0.2, 0.25) is 0 Å². The number of carbonyl (C=O) groups excluding carboxylic acids is 1. The van der Waals surface area contributed by atoms with E-state index in [-0.39, 0.29) is 24.0 Å². The lowest BCUT2D eigenvalue weighted by molar-refractivity contribution is -0.123. The van der Waals surface area contributed by atoms with Crippen LogP contribution in [0.1, 0.15) is 30.9 Å². The average Bonchev–Trinajstić information content (AvgIpc) is 3.09. The number of aliphatic hydroxyl groups is 1. The number of hydrogen-bond donors (Lipinski definition) is 2. The summed E-state index contributed by atoms with van der Waals surface area (Å²) in [5.41, 5.74) is 0.889. The van der Waals surface area contributed by atoms with Crippen molar-refractivity contribution in [1.29, 1.82) is 0 Å². The maximum absolute atomic E-state index is 12.3. The number of amides is 1. The maximum atomic E-state index is 12.3. The Kier molecular flexibility index (Phi) is 5.05. The van der Waals surface area contributed by atoms with E-state index in [1.165, 1.54) is 6.33 Å². The minimum absolute atomic E-state index is 0.0697. The molecule has 1 aliphatic rings.